The van der Waals surface area contributed by atoms with Crippen LogP contribution < -0.4 is 0 Å². The van der Waals surface area contributed by atoms with Crippen LogP contribution in [0.3, 0.4) is 0 Å². The molecule has 0 aliphatic heterocycles. The van der Waals surface area contributed by atoms with Gasteiger partial charge in [-0.1, -0.05) is 30.0 Å². The Balaban J connectivity index is 2.36. The quantitative estimate of drug-likeness (QED) is 0.626. The maximum Gasteiger partial charge on any atom is 0.287 e. The summed E-state index contributed by atoms with van der Waals surface area (Å²) in [6.07, 6.45) is 0. The van der Waals surface area contributed by atoms with Crippen molar-refractivity contribution >= 4 is 17.4 Å². The van der Waals surface area contributed by atoms with Crippen molar-refractivity contribution in [2.24, 2.45) is 0 Å². The van der Waals surface area contributed by atoms with E-state index in [1.54, 1.807) is 12.1 Å². The molecular weight excluding hydrogens is 260 g/mol. The standard InChI is InChI=1S/C14H10N2O2S/c1-10-4-2-3-5-14(10)19-12-6-7-13(16(17)18)11(8-12)9-15/h2-8H,1H3. The van der Waals surface area contributed by atoms with Gasteiger partial charge >= 0.3 is 0 Å². The Morgan fingerprint density at radius 3 is 2.63 bits per heavy atom. The molecule has 19 heavy (non-hydrogen) atoms. The molecule has 0 saturated heterocycles. The van der Waals surface area contributed by atoms with Crippen molar-refractivity contribution in [3.8, 4) is 6.07 Å². The van der Waals surface area contributed by atoms with Gasteiger partial charge in [0.15, 0.2) is 0 Å². The van der Waals surface area contributed by atoms with Crippen LogP contribution in [-0.2, 0) is 0 Å². The fraction of sp³-hybridized carbons (Fsp3) is 0.0714. The van der Waals surface area contributed by atoms with Crippen LogP contribution in [0.4, 0.5) is 5.69 Å². The minimum atomic E-state index is -0.541. The summed E-state index contributed by atoms with van der Waals surface area (Å²) in [5, 5.41) is 19.7. The summed E-state index contributed by atoms with van der Waals surface area (Å²) in [6, 6.07) is 14.3. The maximum absolute atomic E-state index is 10.8. The van der Waals surface area contributed by atoms with E-state index in [9.17, 15) is 10.1 Å². The van der Waals surface area contributed by atoms with Crippen LogP contribution in [0, 0.1) is 28.4 Å². The van der Waals surface area contributed by atoms with Gasteiger partial charge in [0.05, 0.1) is 4.92 Å². The predicted octanol–water partition coefficient (Wildman–Crippen LogP) is 3.93. The molecule has 0 saturated carbocycles. The third-order valence-corrected chi connectivity index (χ3v) is 3.77. The van der Waals surface area contributed by atoms with Crippen LogP contribution in [-0.4, -0.2) is 4.92 Å². The van der Waals surface area contributed by atoms with Gasteiger partial charge in [0.25, 0.3) is 5.69 Å². The normalized spacial score (nSPS) is 9.89. The molecule has 0 unspecified atom stereocenters. The number of nitro groups is 1. The van der Waals surface area contributed by atoms with Crippen LogP contribution in [0.15, 0.2) is 52.3 Å². The fourth-order valence-electron chi connectivity index (χ4n) is 1.63. The van der Waals surface area contributed by atoms with E-state index < -0.39 is 4.92 Å². The summed E-state index contributed by atoms with van der Waals surface area (Å²) in [7, 11) is 0. The van der Waals surface area contributed by atoms with Gasteiger partial charge in [0.1, 0.15) is 11.6 Å². The smallest absolute Gasteiger partial charge is 0.258 e. The Morgan fingerprint density at radius 2 is 2.00 bits per heavy atom. The first kappa shape index (κ1) is 13.1. The van der Waals surface area contributed by atoms with Gasteiger partial charge in [-0.15, -0.1) is 0 Å². The second-order valence-electron chi connectivity index (χ2n) is 3.92. The molecule has 0 amide bonds. The lowest BCUT2D eigenvalue weighted by atomic mass is 10.2. The monoisotopic (exact) mass is 270 g/mol. The van der Waals surface area contributed by atoms with Crippen molar-refractivity contribution in [2.45, 2.75) is 16.7 Å². The molecule has 0 heterocycles. The Labute approximate surface area is 114 Å². The molecule has 0 bridgehead atoms. The molecule has 0 aliphatic rings. The molecule has 4 nitrogen and oxygen atoms in total. The molecule has 0 spiro atoms. The lowest BCUT2D eigenvalue weighted by molar-refractivity contribution is -0.385. The average Bonchev–Trinajstić information content (AvgIpc) is 2.41. The number of nitrogens with zero attached hydrogens (tertiary/aromatic N) is 2. The lowest BCUT2D eigenvalue weighted by Gasteiger charge is -2.05. The van der Waals surface area contributed by atoms with E-state index in [1.807, 2.05) is 37.3 Å². The summed E-state index contributed by atoms with van der Waals surface area (Å²) in [5.74, 6) is 0. The third-order valence-electron chi connectivity index (χ3n) is 2.61. The molecule has 2 aromatic rings. The zero-order chi connectivity index (χ0) is 13.8. The number of aryl methyl sites for hydroxylation is 1. The minimum Gasteiger partial charge on any atom is -0.258 e. The summed E-state index contributed by atoms with van der Waals surface area (Å²) >= 11 is 1.49. The first-order valence-corrected chi connectivity index (χ1v) is 6.35. The van der Waals surface area contributed by atoms with Crippen LogP contribution in [0.25, 0.3) is 0 Å². The lowest BCUT2D eigenvalue weighted by Crippen LogP contribution is -1.92. The predicted molar refractivity (Wildman–Crippen MR) is 73.1 cm³/mol. The number of benzene rings is 2. The van der Waals surface area contributed by atoms with Gasteiger partial charge in [-0.25, -0.2) is 0 Å². The third kappa shape index (κ3) is 2.92. The molecule has 2 aromatic carbocycles. The zero-order valence-corrected chi connectivity index (χ0v) is 11.0. The van der Waals surface area contributed by atoms with Crippen LogP contribution >= 0.6 is 11.8 Å². The Bertz CT molecular complexity index is 677. The highest BCUT2D eigenvalue weighted by Gasteiger charge is 2.14. The van der Waals surface area contributed by atoms with Crippen molar-refractivity contribution in [2.75, 3.05) is 0 Å². The molecule has 94 valence electrons. The topological polar surface area (TPSA) is 66.9 Å². The van der Waals surface area contributed by atoms with E-state index in [2.05, 4.69) is 0 Å². The highest BCUT2D eigenvalue weighted by atomic mass is 32.2. The Kier molecular flexibility index (Phi) is 3.83. The zero-order valence-electron chi connectivity index (χ0n) is 10.2. The molecule has 5 heteroatoms. The largest absolute Gasteiger partial charge is 0.287 e. The minimum absolute atomic E-state index is 0.0867. The fourth-order valence-corrected chi connectivity index (χ4v) is 2.57. The van der Waals surface area contributed by atoms with Crippen molar-refractivity contribution in [3.05, 3.63) is 63.7 Å². The SMILES string of the molecule is Cc1ccccc1Sc1ccc([N+](=O)[O-])c(C#N)c1. The average molecular weight is 270 g/mol. The van der Waals surface area contributed by atoms with Gasteiger partial charge in [-0.2, -0.15) is 5.26 Å². The molecule has 0 aromatic heterocycles. The van der Waals surface area contributed by atoms with Crippen molar-refractivity contribution in [1.82, 2.24) is 0 Å². The summed E-state index contributed by atoms with van der Waals surface area (Å²) in [4.78, 5) is 12.1. The molecule has 0 atom stereocenters. The Hall–Kier alpha value is -2.32. The summed E-state index contributed by atoms with van der Waals surface area (Å²) in [6.45, 7) is 2.00. The highest BCUT2D eigenvalue weighted by molar-refractivity contribution is 7.99. The molecule has 0 fully saturated rings. The van der Waals surface area contributed by atoms with Gasteiger partial charge in [-0.05, 0) is 30.7 Å². The highest BCUT2D eigenvalue weighted by Crippen LogP contribution is 2.32. The van der Waals surface area contributed by atoms with E-state index in [0.717, 1.165) is 15.4 Å². The van der Waals surface area contributed by atoms with Crippen molar-refractivity contribution < 1.29 is 4.92 Å². The molecule has 0 N–H and O–H groups in total. The van der Waals surface area contributed by atoms with E-state index >= 15 is 0 Å². The Morgan fingerprint density at radius 1 is 1.26 bits per heavy atom. The molecule has 2 rings (SSSR count). The van der Waals surface area contributed by atoms with Gasteiger partial charge in [0, 0.05) is 15.9 Å². The first-order chi connectivity index (χ1) is 9.11. The van der Waals surface area contributed by atoms with Crippen LogP contribution in [0.5, 0.6) is 0 Å². The molecule has 0 aliphatic carbocycles. The number of nitro benzene ring substituents is 1. The van der Waals surface area contributed by atoms with Crippen molar-refractivity contribution in [1.29, 1.82) is 5.26 Å². The van der Waals surface area contributed by atoms with Crippen molar-refractivity contribution in [3.63, 3.8) is 0 Å². The second-order valence-corrected chi connectivity index (χ2v) is 5.03. The molecule has 0 radical (unpaired) electrons. The summed E-state index contributed by atoms with van der Waals surface area (Å²) < 4.78 is 0. The maximum atomic E-state index is 10.8. The van der Waals surface area contributed by atoms with E-state index in [0.29, 0.717) is 0 Å². The second kappa shape index (κ2) is 5.55. The van der Waals surface area contributed by atoms with Gasteiger partial charge < -0.3 is 0 Å². The van der Waals surface area contributed by atoms with Gasteiger partial charge in [-0.3, -0.25) is 10.1 Å². The van der Waals surface area contributed by atoms with Crippen LogP contribution in [0.2, 0.25) is 0 Å². The van der Waals surface area contributed by atoms with Gasteiger partial charge in [0.2, 0.25) is 0 Å². The van der Waals surface area contributed by atoms with E-state index in [1.165, 1.54) is 17.8 Å². The van der Waals surface area contributed by atoms with E-state index in [4.69, 9.17) is 5.26 Å². The van der Waals surface area contributed by atoms with E-state index in [-0.39, 0.29) is 11.3 Å². The number of nitriles is 1. The number of hydrogen-bond donors (Lipinski definition) is 0. The number of hydrogen-bond acceptors (Lipinski definition) is 4. The first-order valence-electron chi connectivity index (χ1n) is 5.54. The number of rotatable bonds is 3. The summed E-state index contributed by atoms with van der Waals surface area (Å²) in [5.41, 5.74) is 1.06. The molecular formula is C14H10N2O2S. The van der Waals surface area contributed by atoms with Crippen LogP contribution in [0.1, 0.15) is 11.1 Å².